The van der Waals surface area contributed by atoms with E-state index in [4.69, 9.17) is 4.74 Å². The minimum absolute atomic E-state index is 0.0969. The molecule has 1 fully saturated rings. The van der Waals surface area contributed by atoms with Gasteiger partial charge in [-0.3, -0.25) is 0 Å². The summed E-state index contributed by atoms with van der Waals surface area (Å²) >= 11 is 0. The molecule has 0 spiro atoms. The number of methoxy groups -OCH3 is 1. The smallest absolute Gasteiger partial charge is 0.244 e. The van der Waals surface area contributed by atoms with Gasteiger partial charge in [0.25, 0.3) is 0 Å². The van der Waals surface area contributed by atoms with Gasteiger partial charge in [0.1, 0.15) is 5.75 Å². The maximum Gasteiger partial charge on any atom is 0.244 e. The molecule has 1 atom stereocenters. The normalized spacial score (nSPS) is 19.0. The summed E-state index contributed by atoms with van der Waals surface area (Å²) in [6.45, 7) is 1.98. The van der Waals surface area contributed by atoms with E-state index in [1.165, 1.54) is 6.20 Å². The summed E-state index contributed by atoms with van der Waals surface area (Å²) < 4.78 is 28.4. The zero-order valence-corrected chi connectivity index (χ0v) is 14.3. The van der Waals surface area contributed by atoms with Gasteiger partial charge in [0, 0.05) is 6.04 Å². The predicted molar refractivity (Wildman–Crippen MR) is 91.5 cm³/mol. The summed E-state index contributed by atoms with van der Waals surface area (Å²) in [7, 11) is -1.36. The van der Waals surface area contributed by atoms with Crippen LogP contribution in [-0.4, -0.2) is 48.3 Å². The van der Waals surface area contributed by atoms with Crippen molar-refractivity contribution in [2.24, 2.45) is 0 Å². The molecule has 8 nitrogen and oxygen atoms in total. The van der Waals surface area contributed by atoms with Crippen LogP contribution in [0.4, 0.5) is 17.5 Å². The van der Waals surface area contributed by atoms with E-state index in [0.717, 1.165) is 11.3 Å². The Morgan fingerprint density at radius 3 is 2.88 bits per heavy atom. The Bertz CT molecular complexity index is 841. The van der Waals surface area contributed by atoms with Gasteiger partial charge in [0.15, 0.2) is 15.7 Å². The summed E-state index contributed by atoms with van der Waals surface area (Å²) in [5, 5.41) is 14.0. The molecule has 0 saturated carbocycles. The van der Waals surface area contributed by atoms with Gasteiger partial charge in [-0.05, 0) is 31.0 Å². The van der Waals surface area contributed by atoms with Crippen LogP contribution in [0.1, 0.15) is 12.0 Å². The highest BCUT2D eigenvalue weighted by atomic mass is 32.2. The number of hydrogen-bond acceptors (Lipinski definition) is 8. The van der Waals surface area contributed by atoms with E-state index in [1.807, 2.05) is 25.1 Å². The van der Waals surface area contributed by atoms with Crippen LogP contribution in [0, 0.1) is 6.92 Å². The fourth-order valence-electron chi connectivity index (χ4n) is 2.57. The molecule has 3 rings (SSSR count). The van der Waals surface area contributed by atoms with Gasteiger partial charge >= 0.3 is 0 Å². The van der Waals surface area contributed by atoms with E-state index in [1.54, 1.807) is 7.11 Å². The molecule has 1 unspecified atom stereocenters. The lowest BCUT2D eigenvalue weighted by Crippen LogP contribution is -2.22. The van der Waals surface area contributed by atoms with Crippen LogP contribution < -0.4 is 15.4 Å². The van der Waals surface area contributed by atoms with Crippen molar-refractivity contribution < 1.29 is 13.2 Å². The summed E-state index contributed by atoms with van der Waals surface area (Å²) in [6.07, 6.45) is 2.05. The second-order valence-electron chi connectivity index (χ2n) is 5.74. The average Bonchev–Trinajstić information content (AvgIpc) is 2.87. The van der Waals surface area contributed by atoms with Gasteiger partial charge in [-0.15, -0.1) is 5.10 Å². The predicted octanol–water partition coefficient (Wildman–Crippen LogP) is 1.53. The highest BCUT2D eigenvalue weighted by molar-refractivity contribution is 7.91. The number of anilines is 3. The molecular formula is C15H19N5O3S. The van der Waals surface area contributed by atoms with Crippen LogP contribution in [0.15, 0.2) is 24.4 Å². The van der Waals surface area contributed by atoms with E-state index in [2.05, 4.69) is 25.8 Å². The first-order valence-electron chi connectivity index (χ1n) is 7.53. The number of aromatic nitrogens is 3. The van der Waals surface area contributed by atoms with Crippen molar-refractivity contribution in [3.8, 4) is 5.75 Å². The van der Waals surface area contributed by atoms with Crippen LogP contribution in [0.25, 0.3) is 0 Å². The summed E-state index contributed by atoms with van der Waals surface area (Å²) in [5.41, 5.74) is 1.85. The highest BCUT2D eigenvalue weighted by Gasteiger charge is 2.28. The molecule has 2 heterocycles. The lowest BCUT2D eigenvalue weighted by molar-refractivity contribution is 0.416. The van der Waals surface area contributed by atoms with Crippen LogP contribution in [0.5, 0.6) is 5.75 Å². The standard InChI is InChI=1S/C15H19N5O3S/c1-10-3-4-13(23-2)12(7-10)18-14-8-16-20-15(19-14)17-11-5-6-24(21,22)9-11/h3-4,7-8,11H,5-6,9H2,1-2H3,(H2,17,18,19,20). The topological polar surface area (TPSA) is 106 Å². The third-order valence-corrected chi connectivity index (χ3v) is 5.51. The van der Waals surface area contributed by atoms with Crippen LogP contribution in [0.2, 0.25) is 0 Å². The lowest BCUT2D eigenvalue weighted by Gasteiger charge is -2.13. The van der Waals surface area contributed by atoms with E-state index in [-0.39, 0.29) is 17.5 Å². The third-order valence-electron chi connectivity index (χ3n) is 3.74. The third kappa shape index (κ3) is 3.91. The quantitative estimate of drug-likeness (QED) is 0.837. The van der Waals surface area contributed by atoms with E-state index in [0.29, 0.717) is 23.9 Å². The van der Waals surface area contributed by atoms with Crippen LogP contribution in [-0.2, 0) is 9.84 Å². The number of rotatable bonds is 5. The van der Waals surface area contributed by atoms with Gasteiger partial charge in [-0.2, -0.15) is 10.1 Å². The average molecular weight is 349 g/mol. The van der Waals surface area contributed by atoms with Crippen molar-refractivity contribution in [2.45, 2.75) is 19.4 Å². The molecule has 128 valence electrons. The molecule has 1 aromatic heterocycles. The Kier molecular flexibility index (Phi) is 4.52. The number of nitrogens with zero attached hydrogens (tertiary/aromatic N) is 3. The van der Waals surface area contributed by atoms with Crippen LogP contribution >= 0.6 is 0 Å². The monoisotopic (exact) mass is 349 g/mol. The molecule has 2 aromatic rings. The number of sulfone groups is 1. The van der Waals surface area contributed by atoms with Crippen molar-refractivity contribution in [1.82, 2.24) is 15.2 Å². The number of ether oxygens (including phenoxy) is 1. The fourth-order valence-corrected chi connectivity index (χ4v) is 4.25. The molecule has 0 radical (unpaired) electrons. The van der Waals surface area contributed by atoms with Gasteiger partial charge < -0.3 is 15.4 Å². The molecule has 1 aliphatic rings. The first-order valence-corrected chi connectivity index (χ1v) is 9.36. The molecule has 24 heavy (non-hydrogen) atoms. The maximum absolute atomic E-state index is 11.5. The number of nitrogens with one attached hydrogen (secondary N) is 2. The number of benzene rings is 1. The van der Waals surface area contributed by atoms with Gasteiger partial charge in [0.05, 0.1) is 30.5 Å². The first-order chi connectivity index (χ1) is 11.4. The minimum atomic E-state index is -2.96. The zero-order chi connectivity index (χ0) is 17.2. The Morgan fingerprint density at radius 2 is 2.17 bits per heavy atom. The second kappa shape index (κ2) is 6.60. The van der Waals surface area contributed by atoms with Gasteiger partial charge in [-0.1, -0.05) is 6.07 Å². The fraction of sp³-hybridized carbons (Fsp3) is 0.400. The SMILES string of the molecule is COc1ccc(C)cc1Nc1cnnc(NC2CCS(=O)(=O)C2)n1. The van der Waals surface area contributed by atoms with Crippen molar-refractivity contribution in [1.29, 1.82) is 0 Å². The molecule has 9 heteroatoms. The molecule has 1 aliphatic heterocycles. The Labute approximate surface area is 140 Å². The summed E-state index contributed by atoms with van der Waals surface area (Å²) in [4.78, 5) is 4.34. The largest absolute Gasteiger partial charge is 0.495 e. The molecule has 1 saturated heterocycles. The Hall–Kier alpha value is -2.42. The summed E-state index contributed by atoms with van der Waals surface area (Å²) in [5.74, 6) is 1.78. The van der Waals surface area contributed by atoms with Gasteiger partial charge in [0.2, 0.25) is 5.95 Å². The van der Waals surface area contributed by atoms with E-state index >= 15 is 0 Å². The Morgan fingerprint density at radius 1 is 1.33 bits per heavy atom. The molecule has 0 bridgehead atoms. The van der Waals surface area contributed by atoms with E-state index in [9.17, 15) is 8.42 Å². The lowest BCUT2D eigenvalue weighted by atomic mass is 10.2. The van der Waals surface area contributed by atoms with Gasteiger partial charge in [-0.25, -0.2) is 8.42 Å². The second-order valence-corrected chi connectivity index (χ2v) is 7.97. The van der Waals surface area contributed by atoms with Crippen molar-refractivity contribution >= 4 is 27.3 Å². The maximum atomic E-state index is 11.5. The Balaban J connectivity index is 1.75. The van der Waals surface area contributed by atoms with Crippen LogP contribution in [0.3, 0.4) is 0 Å². The van der Waals surface area contributed by atoms with Crippen molar-refractivity contribution in [2.75, 3.05) is 29.2 Å². The zero-order valence-electron chi connectivity index (χ0n) is 13.5. The molecule has 0 amide bonds. The minimum Gasteiger partial charge on any atom is -0.495 e. The summed E-state index contributed by atoms with van der Waals surface area (Å²) in [6, 6.07) is 5.59. The first kappa shape index (κ1) is 16.4. The van der Waals surface area contributed by atoms with Crippen molar-refractivity contribution in [3.05, 3.63) is 30.0 Å². The van der Waals surface area contributed by atoms with Crippen molar-refractivity contribution in [3.63, 3.8) is 0 Å². The van der Waals surface area contributed by atoms with E-state index < -0.39 is 9.84 Å². The molecular weight excluding hydrogens is 330 g/mol. The molecule has 1 aromatic carbocycles. The number of hydrogen-bond donors (Lipinski definition) is 2. The highest BCUT2D eigenvalue weighted by Crippen LogP contribution is 2.28. The molecule has 0 aliphatic carbocycles. The molecule has 2 N–H and O–H groups in total. The number of aryl methyl sites for hydroxylation is 1.